The van der Waals surface area contributed by atoms with Crippen LogP contribution in [0.15, 0.2) is 36.4 Å². The third-order valence-corrected chi connectivity index (χ3v) is 3.90. The molecule has 2 rings (SSSR count). The van der Waals surface area contributed by atoms with Crippen LogP contribution in [0.3, 0.4) is 0 Å². The topological polar surface area (TPSA) is 33.0 Å². The highest BCUT2D eigenvalue weighted by Gasteiger charge is 2.13. The fourth-order valence-corrected chi connectivity index (χ4v) is 2.61. The molecule has 0 aromatic heterocycles. The lowest BCUT2D eigenvalue weighted by molar-refractivity contribution is 0.335. The van der Waals surface area contributed by atoms with E-state index in [0.29, 0.717) is 23.7 Å². The second-order valence-corrected chi connectivity index (χ2v) is 5.98. The molecule has 0 aliphatic heterocycles. The number of aryl methyl sites for hydroxylation is 1. The van der Waals surface area contributed by atoms with Gasteiger partial charge in [0, 0.05) is 5.56 Å². The molecule has 0 aliphatic carbocycles. The average molecular weight is 323 g/mol. The quantitative estimate of drug-likeness (QED) is 0.521. The van der Waals surface area contributed by atoms with Crippen LogP contribution < -0.4 is 4.74 Å². The molecule has 0 amide bonds. The summed E-state index contributed by atoms with van der Waals surface area (Å²) in [6.07, 6.45) is 1.75. The number of rotatable bonds is 5. The predicted molar refractivity (Wildman–Crippen MR) is 96.3 cm³/mol. The number of nitriles is 1. The smallest absolute Gasteiger partial charge is 0.131 e. The molecule has 0 heterocycles. The highest BCUT2D eigenvalue weighted by atomic mass is 19.1. The molecular weight excluding hydrogens is 301 g/mol. The maximum atomic E-state index is 14.0. The number of benzene rings is 2. The largest absolute Gasteiger partial charge is 0.494 e. The first-order chi connectivity index (χ1) is 11.5. The summed E-state index contributed by atoms with van der Waals surface area (Å²) in [4.78, 5) is 0. The molecule has 0 aliphatic rings. The zero-order valence-electron chi connectivity index (χ0n) is 14.6. The van der Waals surface area contributed by atoms with Gasteiger partial charge in [-0.2, -0.15) is 5.26 Å². The maximum absolute atomic E-state index is 14.0. The van der Waals surface area contributed by atoms with Gasteiger partial charge in [-0.05, 0) is 60.7 Å². The number of hydrogen-bond donors (Lipinski definition) is 0. The third-order valence-electron chi connectivity index (χ3n) is 3.90. The van der Waals surface area contributed by atoms with Crippen LogP contribution in [0.1, 0.15) is 48.9 Å². The van der Waals surface area contributed by atoms with Crippen molar-refractivity contribution in [1.29, 1.82) is 5.26 Å². The Kier molecular flexibility index (Phi) is 5.76. The third kappa shape index (κ3) is 3.83. The van der Waals surface area contributed by atoms with Crippen molar-refractivity contribution < 1.29 is 9.13 Å². The summed E-state index contributed by atoms with van der Waals surface area (Å²) in [5.41, 5.74) is 3.61. The number of nitrogens with zero attached hydrogens (tertiary/aromatic N) is 1. The molecule has 0 unspecified atom stereocenters. The summed E-state index contributed by atoms with van der Waals surface area (Å²) in [5.74, 6) is 0.766. The van der Waals surface area contributed by atoms with Crippen LogP contribution in [0, 0.1) is 24.1 Å². The van der Waals surface area contributed by atoms with E-state index in [4.69, 9.17) is 4.74 Å². The highest BCUT2D eigenvalue weighted by Crippen LogP contribution is 2.32. The van der Waals surface area contributed by atoms with Crippen LogP contribution in [0.25, 0.3) is 11.6 Å². The Morgan fingerprint density at radius 3 is 2.58 bits per heavy atom. The molecule has 0 N–H and O–H groups in total. The summed E-state index contributed by atoms with van der Waals surface area (Å²) in [6, 6.07) is 12.5. The minimum atomic E-state index is -0.391. The second kappa shape index (κ2) is 7.79. The molecule has 124 valence electrons. The molecule has 2 nitrogen and oxygen atoms in total. The van der Waals surface area contributed by atoms with Gasteiger partial charge in [-0.15, -0.1) is 0 Å². The monoisotopic (exact) mass is 323 g/mol. The molecule has 0 spiro atoms. The van der Waals surface area contributed by atoms with Gasteiger partial charge >= 0.3 is 0 Å². The molecule has 0 radical (unpaired) electrons. The zero-order chi connectivity index (χ0) is 17.7. The van der Waals surface area contributed by atoms with Gasteiger partial charge < -0.3 is 4.74 Å². The molecule has 2 aromatic carbocycles. The van der Waals surface area contributed by atoms with E-state index in [1.807, 2.05) is 26.0 Å². The minimum absolute atomic E-state index is 0.290. The summed E-state index contributed by atoms with van der Waals surface area (Å²) in [5, 5.41) is 9.46. The molecule has 3 heteroatoms. The average Bonchev–Trinajstić information content (AvgIpc) is 2.55. The molecule has 0 atom stereocenters. The summed E-state index contributed by atoms with van der Waals surface area (Å²) in [7, 11) is 0. The maximum Gasteiger partial charge on any atom is 0.131 e. The van der Waals surface area contributed by atoms with E-state index in [1.54, 1.807) is 24.3 Å². The molecule has 24 heavy (non-hydrogen) atoms. The first-order valence-electron chi connectivity index (χ1n) is 8.12. The number of ether oxygens (including phenoxy) is 1. The van der Waals surface area contributed by atoms with Gasteiger partial charge in [-0.25, -0.2) is 4.39 Å². The van der Waals surface area contributed by atoms with Crippen molar-refractivity contribution in [3.05, 3.63) is 64.5 Å². The fraction of sp³-hybridized carbons (Fsp3) is 0.286. The summed E-state index contributed by atoms with van der Waals surface area (Å²) < 4.78 is 19.7. The van der Waals surface area contributed by atoms with Crippen molar-refractivity contribution in [2.45, 2.75) is 33.6 Å². The molecule has 2 aromatic rings. The van der Waals surface area contributed by atoms with Gasteiger partial charge in [0.05, 0.1) is 18.2 Å². The van der Waals surface area contributed by atoms with Crippen molar-refractivity contribution >= 4 is 11.6 Å². The van der Waals surface area contributed by atoms with Gasteiger partial charge in [-0.3, -0.25) is 0 Å². The van der Waals surface area contributed by atoms with Gasteiger partial charge in [-0.1, -0.05) is 32.0 Å². The van der Waals surface area contributed by atoms with E-state index in [1.165, 1.54) is 6.07 Å². The van der Waals surface area contributed by atoms with Crippen molar-refractivity contribution in [3.63, 3.8) is 0 Å². The lowest BCUT2D eigenvalue weighted by Crippen LogP contribution is -2.00. The van der Waals surface area contributed by atoms with Crippen molar-refractivity contribution in [3.8, 4) is 11.8 Å². The van der Waals surface area contributed by atoms with E-state index in [2.05, 4.69) is 19.9 Å². The molecular formula is C21H22FNO. The van der Waals surface area contributed by atoms with E-state index in [-0.39, 0.29) is 0 Å². The van der Waals surface area contributed by atoms with Gasteiger partial charge in [0.15, 0.2) is 0 Å². The van der Waals surface area contributed by atoms with Crippen LogP contribution in [0.2, 0.25) is 0 Å². The van der Waals surface area contributed by atoms with Crippen LogP contribution in [0.5, 0.6) is 5.75 Å². The van der Waals surface area contributed by atoms with Gasteiger partial charge in [0.1, 0.15) is 11.6 Å². The van der Waals surface area contributed by atoms with E-state index in [0.717, 1.165) is 22.4 Å². The number of hydrogen-bond acceptors (Lipinski definition) is 2. The predicted octanol–water partition coefficient (Wildman–Crippen LogP) is 5.72. The van der Waals surface area contributed by atoms with E-state index in [9.17, 15) is 9.65 Å². The molecule has 0 fully saturated rings. The number of allylic oxidation sites excluding steroid dienone is 1. The Labute approximate surface area is 143 Å². The Balaban J connectivity index is 2.57. The highest BCUT2D eigenvalue weighted by molar-refractivity contribution is 5.90. The lowest BCUT2D eigenvalue weighted by Gasteiger charge is -2.16. The summed E-state index contributed by atoms with van der Waals surface area (Å²) >= 11 is 0. The Hall–Kier alpha value is -2.60. The van der Waals surface area contributed by atoms with E-state index < -0.39 is 5.82 Å². The van der Waals surface area contributed by atoms with Gasteiger partial charge in [0.2, 0.25) is 0 Å². The Bertz CT molecular complexity index is 800. The molecule has 0 saturated heterocycles. The van der Waals surface area contributed by atoms with Gasteiger partial charge in [0.25, 0.3) is 0 Å². The van der Waals surface area contributed by atoms with Crippen LogP contribution >= 0.6 is 0 Å². The zero-order valence-corrected chi connectivity index (χ0v) is 14.6. The normalized spacial score (nSPS) is 11.5. The number of halogens is 1. The Morgan fingerprint density at radius 2 is 2.00 bits per heavy atom. The van der Waals surface area contributed by atoms with Crippen LogP contribution in [-0.2, 0) is 0 Å². The minimum Gasteiger partial charge on any atom is -0.494 e. The lowest BCUT2D eigenvalue weighted by atomic mass is 9.94. The van der Waals surface area contributed by atoms with Crippen molar-refractivity contribution in [1.82, 2.24) is 0 Å². The Morgan fingerprint density at radius 1 is 1.29 bits per heavy atom. The second-order valence-electron chi connectivity index (χ2n) is 5.98. The fourth-order valence-electron chi connectivity index (χ4n) is 2.61. The first-order valence-corrected chi connectivity index (χ1v) is 8.12. The molecule has 0 bridgehead atoms. The van der Waals surface area contributed by atoms with Crippen LogP contribution in [0.4, 0.5) is 4.39 Å². The van der Waals surface area contributed by atoms with Crippen LogP contribution in [-0.4, -0.2) is 6.61 Å². The SMILES string of the molecule is CCOc1cc(C)c(C=C(C#N)c2ccccc2F)cc1C(C)C. The standard InChI is InChI=1S/C21H22FNO/c1-5-24-21-10-15(4)16(12-19(21)14(2)3)11-17(13-23)18-8-6-7-9-20(18)22/h6-12,14H,5H2,1-4H3. The van der Waals surface area contributed by atoms with Crippen molar-refractivity contribution in [2.24, 2.45) is 0 Å². The molecule has 0 saturated carbocycles. The summed E-state index contributed by atoms with van der Waals surface area (Å²) in [6.45, 7) is 8.73. The van der Waals surface area contributed by atoms with Crippen molar-refractivity contribution in [2.75, 3.05) is 6.61 Å². The van der Waals surface area contributed by atoms with E-state index >= 15 is 0 Å². The first kappa shape index (κ1) is 17.7.